The fourth-order valence-corrected chi connectivity index (χ4v) is 2.30. The van der Waals surface area contributed by atoms with Crippen LogP contribution >= 0.6 is 12.2 Å². The molecule has 4 nitrogen and oxygen atoms in total. The van der Waals surface area contributed by atoms with Crippen LogP contribution in [0.3, 0.4) is 0 Å². The van der Waals surface area contributed by atoms with Crippen LogP contribution in [0.1, 0.15) is 32.3 Å². The minimum Gasteiger partial charge on any atom is -0.490 e. The third-order valence-electron chi connectivity index (χ3n) is 3.22. The van der Waals surface area contributed by atoms with Crippen molar-refractivity contribution in [3.63, 3.8) is 0 Å². The number of nitrogens with one attached hydrogen (secondary N) is 2. The van der Waals surface area contributed by atoms with E-state index in [1.54, 1.807) is 0 Å². The van der Waals surface area contributed by atoms with Crippen LogP contribution < -0.4 is 20.1 Å². The Kier molecular flexibility index (Phi) is 6.11. The van der Waals surface area contributed by atoms with E-state index in [4.69, 9.17) is 21.7 Å². The first-order chi connectivity index (χ1) is 10.2. The van der Waals surface area contributed by atoms with Gasteiger partial charge in [-0.15, -0.1) is 0 Å². The van der Waals surface area contributed by atoms with Crippen LogP contribution in [-0.4, -0.2) is 30.9 Å². The zero-order valence-corrected chi connectivity index (χ0v) is 13.6. The van der Waals surface area contributed by atoms with Crippen molar-refractivity contribution >= 4 is 17.3 Å². The quantitative estimate of drug-likeness (QED) is 0.723. The lowest BCUT2D eigenvalue weighted by Crippen LogP contribution is -2.37. The Morgan fingerprint density at radius 2 is 1.90 bits per heavy atom. The highest BCUT2D eigenvalue weighted by Gasteiger charge is 2.21. The molecule has 1 fully saturated rings. The van der Waals surface area contributed by atoms with Gasteiger partial charge in [0.05, 0.1) is 13.2 Å². The van der Waals surface area contributed by atoms with Gasteiger partial charge >= 0.3 is 0 Å². The summed E-state index contributed by atoms with van der Waals surface area (Å²) < 4.78 is 11.2. The molecular weight excluding hydrogens is 284 g/mol. The molecule has 1 aromatic rings. The van der Waals surface area contributed by atoms with Gasteiger partial charge in [-0.25, -0.2) is 0 Å². The van der Waals surface area contributed by atoms with Gasteiger partial charge in [0.15, 0.2) is 16.6 Å². The van der Waals surface area contributed by atoms with E-state index in [2.05, 4.69) is 16.7 Å². The van der Waals surface area contributed by atoms with Crippen LogP contribution in [0.5, 0.6) is 11.5 Å². The summed E-state index contributed by atoms with van der Waals surface area (Å²) in [5, 5.41) is 7.27. The highest BCUT2D eigenvalue weighted by molar-refractivity contribution is 7.80. The van der Waals surface area contributed by atoms with Gasteiger partial charge in [-0.3, -0.25) is 0 Å². The van der Waals surface area contributed by atoms with Crippen molar-refractivity contribution in [2.75, 3.05) is 19.8 Å². The summed E-state index contributed by atoms with van der Waals surface area (Å²) >= 11 is 5.24. The zero-order valence-electron chi connectivity index (χ0n) is 12.8. The summed E-state index contributed by atoms with van der Waals surface area (Å²) in [5.41, 5.74) is 1.21. The van der Waals surface area contributed by atoms with Crippen molar-refractivity contribution in [1.82, 2.24) is 10.6 Å². The molecule has 116 valence electrons. The van der Waals surface area contributed by atoms with Crippen molar-refractivity contribution in [2.24, 2.45) is 0 Å². The number of hydrogen-bond donors (Lipinski definition) is 2. The van der Waals surface area contributed by atoms with Gasteiger partial charge in [-0.1, -0.05) is 6.07 Å². The van der Waals surface area contributed by atoms with E-state index in [0.717, 1.165) is 29.6 Å². The Morgan fingerprint density at radius 3 is 2.57 bits per heavy atom. The van der Waals surface area contributed by atoms with Gasteiger partial charge < -0.3 is 20.1 Å². The normalized spacial score (nSPS) is 13.6. The average molecular weight is 308 g/mol. The van der Waals surface area contributed by atoms with Crippen LogP contribution in [0.25, 0.3) is 0 Å². The van der Waals surface area contributed by atoms with Crippen LogP contribution in [-0.2, 0) is 6.42 Å². The van der Waals surface area contributed by atoms with Gasteiger partial charge in [0, 0.05) is 12.6 Å². The lowest BCUT2D eigenvalue weighted by molar-refractivity contribution is 0.287. The molecule has 0 heterocycles. The third kappa shape index (κ3) is 5.42. The molecule has 0 aromatic heterocycles. The second kappa shape index (κ2) is 8.08. The number of ether oxygens (including phenoxy) is 2. The van der Waals surface area contributed by atoms with Crippen LogP contribution in [0.15, 0.2) is 18.2 Å². The molecule has 1 aliphatic rings. The summed E-state index contributed by atoms with van der Waals surface area (Å²) in [6.07, 6.45) is 3.37. The summed E-state index contributed by atoms with van der Waals surface area (Å²) in [5.74, 6) is 1.62. The predicted octanol–water partition coefficient (Wildman–Crippen LogP) is 2.65. The summed E-state index contributed by atoms with van der Waals surface area (Å²) in [7, 11) is 0. The monoisotopic (exact) mass is 308 g/mol. The first-order valence-corrected chi connectivity index (χ1v) is 8.06. The summed E-state index contributed by atoms with van der Waals surface area (Å²) in [4.78, 5) is 0. The number of rotatable bonds is 8. The molecular formula is C16H24N2O2S. The largest absolute Gasteiger partial charge is 0.490 e. The highest BCUT2D eigenvalue weighted by Crippen LogP contribution is 2.28. The molecule has 1 aliphatic carbocycles. The average Bonchev–Trinajstić information content (AvgIpc) is 3.26. The van der Waals surface area contributed by atoms with Gasteiger partial charge in [-0.2, -0.15) is 0 Å². The second-order valence-electron chi connectivity index (χ2n) is 5.07. The predicted molar refractivity (Wildman–Crippen MR) is 89.2 cm³/mol. The van der Waals surface area contributed by atoms with Crippen LogP contribution in [0.4, 0.5) is 0 Å². The second-order valence-corrected chi connectivity index (χ2v) is 5.48. The maximum Gasteiger partial charge on any atom is 0.166 e. The highest BCUT2D eigenvalue weighted by atomic mass is 32.1. The lowest BCUT2D eigenvalue weighted by Gasteiger charge is -2.13. The van der Waals surface area contributed by atoms with Gasteiger partial charge in [0.25, 0.3) is 0 Å². The molecule has 0 aliphatic heterocycles. The van der Waals surface area contributed by atoms with Crippen molar-refractivity contribution in [2.45, 2.75) is 39.2 Å². The van der Waals surface area contributed by atoms with Crippen LogP contribution in [0.2, 0.25) is 0 Å². The topological polar surface area (TPSA) is 42.5 Å². The van der Waals surface area contributed by atoms with Crippen molar-refractivity contribution in [1.29, 1.82) is 0 Å². The molecule has 0 amide bonds. The molecule has 0 spiro atoms. The van der Waals surface area contributed by atoms with Crippen molar-refractivity contribution in [3.05, 3.63) is 23.8 Å². The molecule has 5 heteroatoms. The molecule has 2 rings (SSSR count). The van der Waals surface area contributed by atoms with E-state index >= 15 is 0 Å². The number of thiocarbonyl (C=S) groups is 1. The first kappa shape index (κ1) is 15.9. The van der Waals surface area contributed by atoms with E-state index in [9.17, 15) is 0 Å². The fraction of sp³-hybridized carbons (Fsp3) is 0.562. The Hall–Kier alpha value is -1.49. The SMILES string of the molecule is CCOc1ccc(CCNC(=S)NC2CC2)cc1OCC. The maximum absolute atomic E-state index is 5.63. The maximum atomic E-state index is 5.63. The van der Waals surface area contributed by atoms with Crippen LogP contribution in [0, 0.1) is 0 Å². The van der Waals surface area contributed by atoms with E-state index in [-0.39, 0.29) is 0 Å². The summed E-state index contributed by atoms with van der Waals surface area (Å²) in [6.45, 7) is 6.05. The molecule has 0 atom stereocenters. The smallest absolute Gasteiger partial charge is 0.166 e. The minimum absolute atomic E-state index is 0.597. The number of benzene rings is 1. The number of hydrogen-bond acceptors (Lipinski definition) is 3. The van der Waals surface area contributed by atoms with Crippen molar-refractivity contribution < 1.29 is 9.47 Å². The molecule has 1 aromatic carbocycles. The van der Waals surface area contributed by atoms with E-state index in [1.807, 2.05) is 26.0 Å². The lowest BCUT2D eigenvalue weighted by atomic mass is 10.1. The van der Waals surface area contributed by atoms with E-state index in [1.165, 1.54) is 18.4 Å². The Morgan fingerprint density at radius 1 is 1.19 bits per heavy atom. The Balaban J connectivity index is 1.83. The minimum atomic E-state index is 0.597. The van der Waals surface area contributed by atoms with Gasteiger partial charge in [0.2, 0.25) is 0 Å². The summed E-state index contributed by atoms with van der Waals surface area (Å²) in [6, 6.07) is 6.70. The van der Waals surface area contributed by atoms with Gasteiger partial charge in [-0.05, 0) is 63.0 Å². The van der Waals surface area contributed by atoms with E-state index in [0.29, 0.717) is 19.3 Å². The Labute approximate surface area is 132 Å². The molecule has 21 heavy (non-hydrogen) atoms. The molecule has 1 saturated carbocycles. The molecule has 0 saturated heterocycles. The third-order valence-corrected chi connectivity index (χ3v) is 3.48. The standard InChI is InChI=1S/C16H24N2O2S/c1-3-19-14-8-5-12(11-15(14)20-4-2)9-10-17-16(21)18-13-6-7-13/h5,8,11,13H,3-4,6-7,9-10H2,1-2H3,(H2,17,18,21). The van der Waals surface area contributed by atoms with Crippen molar-refractivity contribution in [3.8, 4) is 11.5 Å². The Bertz CT molecular complexity index is 475. The fourth-order valence-electron chi connectivity index (χ4n) is 2.04. The van der Waals surface area contributed by atoms with E-state index < -0.39 is 0 Å². The zero-order chi connectivity index (χ0) is 15.1. The molecule has 0 bridgehead atoms. The first-order valence-electron chi connectivity index (χ1n) is 7.65. The molecule has 2 N–H and O–H groups in total. The molecule has 0 radical (unpaired) electrons. The van der Waals surface area contributed by atoms with Gasteiger partial charge in [0.1, 0.15) is 0 Å². The molecule has 0 unspecified atom stereocenters.